The summed E-state index contributed by atoms with van der Waals surface area (Å²) in [5.74, 6) is -1.05. The molecule has 1 amide bonds. The van der Waals surface area contributed by atoms with Gasteiger partial charge >= 0.3 is 5.97 Å². The zero-order valence-corrected chi connectivity index (χ0v) is 15.7. The zero-order valence-electron chi connectivity index (χ0n) is 14.8. The molecule has 27 heavy (non-hydrogen) atoms. The number of benzene rings is 1. The third-order valence-corrected chi connectivity index (χ3v) is 4.81. The van der Waals surface area contributed by atoms with Crippen molar-refractivity contribution in [2.45, 2.75) is 20.0 Å². The molecule has 3 rings (SSSR count). The second-order valence-corrected chi connectivity index (χ2v) is 6.81. The van der Waals surface area contributed by atoms with Crippen LogP contribution in [0.25, 0.3) is 5.69 Å². The number of Topliss-reactive ketones (excluding diaryl/α,β-unsaturated/α-hetero) is 1. The first-order valence-corrected chi connectivity index (χ1v) is 9.17. The Morgan fingerprint density at radius 2 is 1.74 bits per heavy atom. The average molecular weight is 382 g/mol. The molecule has 1 aromatic carbocycles. The SMILES string of the molecule is CC(=O)c1ccc(NC(=O)[C@H](C)OC(=O)c2sccc2-n2cccc2)cc1. The lowest BCUT2D eigenvalue weighted by Gasteiger charge is -2.14. The molecule has 0 spiro atoms. The van der Waals surface area contributed by atoms with Crippen LogP contribution in [0.3, 0.4) is 0 Å². The van der Waals surface area contributed by atoms with E-state index in [0.717, 1.165) is 0 Å². The Morgan fingerprint density at radius 1 is 1.07 bits per heavy atom. The van der Waals surface area contributed by atoms with Crippen molar-refractivity contribution in [1.29, 1.82) is 0 Å². The van der Waals surface area contributed by atoms with E-state index in [0.29, 0.717) is 21.8 Å². The van der Waals surface area contributed by atoms with Crippen molar-refractivity contribution in [3.05, 3.63) is 70.7 Å². The monoisotopic (exact) mass is 382 g/mol. The van der Waals surface area contributed by atoms with Gasteiger partial charge in [-0.2, -0.15) is 0 Å². The molecule has 0 bridgehead atoms. The van der Waals surface area contributed by atoms with Gasteiger partial charge in [-0.3, -0.25) is 9.59 Å². The average Bonchev–Trinajstić information content (AvgIpc) is 3.33. The van der Waals surface area contributed by atoms with Crippen molar-refractivity contribution in [1.82, 2.24) is 4.57 Å². The largest absolute Gasteiger partial charge is 0.448 e. The summed E-state index contributed by atoms with van der Waals surface area (Å²) in [5, 5.41) is 4.47. The van der Waals surface area contributed by atoms with Gasteiger partial charge in [-0.05, 0) is 61.7 Å². The Labute approximate surface area is 160 Å². The van der Waals surface area contributed by atoms with Crippen molar-refractivity contribution < 1.29 is 19.1 Å². The number of nitrogens with one attached hydrogen (secondary N) is 1. The topological polar surface area (TPSA) is 77.4 Å². The number of hydrogen-bond acceptors (Lipinski definition) is 5. The van der Waals surface area contributed by atoms with E-state index in [1.165, 1.54) is 25.2 Å². The lowest BCUT2D eigenvalue weighted by molar-refractivity contribution is -0.123. The van der Waals surface area contributed by atoms with Gasteiger partial charge in [0.2, 0.25) is 0 Å². The number of amides is 1. The molecular formula is C20H18N2O4S. The summed E-state index contributed by atoms with van der Waals surface area (Å²) in [7, 11) is 0. The summed E-state index contributed by atoms with van der Waals surface area (Å²) in [6.07, 6.45) is 2.70. The smallest absolute Gasteiger partial charge is 0.351 e. The number of anilines is 1. The van der Waals surface area contributed by atoms with Crippen LogP contribution in [0.2, 0.25) is 0 Å². The van der Waals surface area contributed by atoms with Crippen LogP contribution < -0.4 is 5.32 Å². The molecule has 0 aliphatic heterocycles. The first-order chi connectivity index (χ1) is 13.0. The van der Waals surface area contributed by atoms with E-state index in [-0.39, 0.29) is 5.78 Å². The van der Waals surface area contributed by atoms with E-state index in [1.807, 2.05) is 35.2 Å². The van der Waals surface area contributed by atoms with Gasteiger partial charge in [0.05, 0.1) is 5.69 Å². The lowest BCUT2D eigenvalue weighted by Crippen LogP contribution is -2.30. The Kier molecular flexibility index (Phi) is 5.52. The molecule has 1 atom stereocenters. The maximum Gasteiger partial charge on any atom is 0.351 e. The van der Waals surface area contributed by atoms with Gasteiger partial charge < -0.3 is 14.6 Å². The fourth-order valence-electron chi connectivity index (χ4n) is 2.45. The van der Waals surface area contributed by atoms with E-state index in [2.05, 4.69) is 5.32 Å². The van der Waals surface area contributed by atoms with Gasteiger partial charge in [0.25, 0.3) is 5.91 Å². The molecule has 0 aliphatic carbocycles. The van der Waals surface area contributed by atoms with Crippen LogP contribution in [0.1, 0.15) is 33.9 Å². The number of ketones is 1. The van der Waals surface area contributed by atoms with Gasteiger partial charge in [0.15, 0.2) is 11.9 Å². The highest BCUT2D eigenvalue weighted by molar-refractivity contribution is 7.12. The van der Waals surface area contributed by atoms with Crippen molar-refractivity contribution in [3.8, 4) is 5.69 Å². The lowest BCUT2D eigenvalue weighted by atomic mass is 10.1. The number of nitrogens with zero attached hydrogens (tertiary/aromatic N) is 1. The highest BCUT2D eigenvalue weighted by atomic mass is 32.1. The van der Waals surface area contributed by atoms with Gasteiger partial charge in [-0.1, -0.05) is 0 Å². The number of thiophene rings is 1. The molecule has 138 valence electrons. The van der Waals surface area contributed by atoms with Crippen molar-refractivity contribution in [3.63, 3.8) is 0 Å². The molecule has 0 unspecified atom stereocenters. The molecule has 2 heterocycles. The third kappa shape index (κ3) is 4.32. The normalized spacial score (nSPS) is 11.6. The summed E-state index contributed by atoms with van der Waals surface area (Å²) >= 11 is 1.26. The fraction of sp³-hybridized carbons (Fsp3) is 0.150. The maximum absolute atomic E-state index is 12.5. The molecule has 1 N–H and O–H groups in total. The van der Waals surface area contributed by atoms with Gasteiger partial charge in [-0.15, -0.1) is 11.3 Å². The molecule has 6 nitrogen and oxygen atoms in total. The number of rotatable bonds is 6. The number of esters is 1. The van der Waals surface area contributed by atoms with Crippen molar-refractivity contribution in [2.75, 3.05) is 5.32 Å². The first kappa shape index (κ1) is 18.6. The van der Waals surface area contributed by atoms with Crippen LogP contribution in [0.5, 0.6) is 0 Å². The molecule has 2 aromatic heterocycles. The van der Waals surface area contributed by atoms with Gasteiger partial charge in [0.1, 0.15) is 4.88 Å². The highest BCUT2D eigenvalue weighted by Gasteiger charge is 2.22. The van der Waals surface area contributed by atoms with Crippen LogP contribution in [-0.4, -0.2) is 28.3 Å². The van der Waals surface area contributed by atoms with E-state index < -0.39 is 18.0 Å². The summed E-state index contributed by atoms with van der Waals surface area (Å²) in [5.41, 5.74) is 1.79. The minimum absolute atomic E-state index is 0.0513. The molecular weight excluding hydrogens is 364 g/mol. The van der Waals surface area contributed by atoms with Crippen LogP contribution in [0.15, 0.2) is 60.2 Å². The predicted octanol–water partition coefficient (Wildman–Crippen LogP) is 3.93. The van der Waals surface area contributed by atoms with Gasteiger partial charge in [-0.25, -0.2) is 4.79 Å². The third-order valence-electron chi connectivity index (χ3n) is 3.92. The summed E-state index contributed by atoms with van der Waals surface area (Å²) in [6.45, 7) is 2.99. The van der Waals surface area contributed by atoms with Crippen molar-refractivity contribution >= 4 is 34.7 Å². The molecule has 3 aromatic rings. The van der Waals surface area contributed by atoms with Gasteiger partial charge in [0, 0.05) is 23.6 Å². The van der Waals surface area contributed by atoms with Crippen LogP contribution >= 0.6 is 11.3 Å². The molecule has 0 saturated heterocycles. The van der Waals surface area contributed by atoms with E-state index >= 15 is 0 Å². The summed E-state index contributed by atoms with van der Waals surface area (Å²) in [4.78, 5) is 36.5. The Balaban J connectivity index is 1.64. The quantitative estimate of drug-likeness (QED) is 0.518. The number of hydrogen-bond donors (Lipinski definition) is 1. The first-order valence-electron chi connectivity index (χ1n) is 8.29. The predicted molar refractivity (Wildman–Crippen MR) is 104 cm³/mol. The summed E-state index contributed by atoms with van der Waals surface area (Å²) in [6, 6.07) is 12.1. The van der Waals surface area contributed by atoms with E-state index in [9.17, 15) is 14.4 Å². The van der Waals surface area contributed by atoms with Crippen molar-refractivity contribution in [2.24, 2.45) is 0 Å². The molecule has 0 aliphatic rings. The molecule has 0 radical (unpaired) electrons. The second-order valence-electron chi connectivity index (χ2n) is 5.90. The van der Waals surface area contributed by atoms with Crippen LogP contribution in [0, 0.1) is 0 Å². The van der Waals surface area contributed by atoms with Crippen LogP contribution in [0.4, 0.5) is 5.69 Å². The number of carbonyl (C=O) groups is 3. The highest BCUT2D eigenvalue weighted by Crippen LogP contribution is 2.23. The fourth-order valence-corrected chi connectivity index (χ4v) is 3.23. The summed E-state index contributed by atoms with van der Waals surface area (Å²) < 4.78 is 7.14. The Morgan fingerprint density at radius 3 is 2.37 bits per heavy atom. The minimum atomic E-state index is -0.968. The second kappa shape index (κ2) is 8.01. The zero-order chi connectivity index (χ0) is 19.4. The van der Waals surface area contributed by atoms with E-state index in [4.69, 9.17) is 4.74 Å². The Hall–Kier alpha value is -3.19. The Bertz CT molecular complexity index is 958. The minimum Gasteiger partial charge on any atom is -0.448 e. The van der Waals surface area contributed by atoms with Crippen LogP contribution in [-0.2, 0) is 9.53 Å². The molecule has 0 fully saturated rings. The molecule has 7 heteroatoms. The number of carbonyl (C=O) groups excluding carboxylic acids is 3. The molecule has 0 saturated carbocycles. The van der Waals surface area contributed by atoms with E-state index in [1.54, 1.807) is 29.6 Å². The standard InChI is InChI=1S/C20H18N2O4S/c1-13(23)15-5-7-16(8-6-15)21-19(24)14(2)26-20(25)18-17(9-12-27-18)22-10-3-4-11-22/h3-12,14H,1-2H3,(H,21,24)/t14-/m0/s1. The number of ether oxygens (including phenoxy) is 1. The maximum atomic E-state index is 12.5. The number of aromatic nitrogens is 1.